The van der Waals surface area contributed by atoms with Crippen LogP contribution in [0.3, 0.4) is 0 Å². The molecule has 0 fully saturated rings. The highest BCUT2D eigenvalue weighted by molar-refractivity contribution is 8.00. The zero-order chi connectivity index (χ0) is 15.4. The van der Waals surface area contributed by atoms with E-state index in [9.17, 15) is 13.6 Å². The van der Waals surface area contributed by atoms with Gasteiger partial charge < -0.3 is 5.32 Å². The molecule has 0 spiro atoms. The van der Waals surface area contributed by atoms with E-state index < -0.39 is 11.6 Å². The molecule has 2 aromatic carbocycles. The molecule has 0 unspecified atom stereocenters. The van der Waals surface area contributed by atoms with E-state index in [0.717, 1.165) is 34.6 Å². The molecule has 0 saturated carbocycles. The van der Waals surface area contributed by atoms with Crippen molar-refractivity contribution in [1.29, 1.82) is 0 Å². The molecule has 2 aromatic rings. The predicted molar refractivity (Wildman–Crippen MR) is 81.6 cm³/mol. The van der Waals surface area contributed by atoms with Gasteiger partial charge in [-0.15, -0.1) is 11.8 Å². The molecule has 1 N–H and O–H groups in total. The van der Waals surface area contributed by atoms with Crippen molar-refractivity contribution in [2.24, 2.45) is 0 Å². The Balaban J connectivity index is 1.97. The largest absolute Gasteiger partial charge is 0.325 e. The van der Waals surface area contributed by atoms with E-state index in [-0.39, 0.29) is 16.6 Å². The smallest absolute Gasteiger partial charge is 0.234 e. The molecular formula is C16H15F2NOS. The van der Waals surface area contributed by atoms with Gasteiger partial charge in [0.15, 0.2) is 0 Å². The fraction of sp³-hybridized carbons (Fsp3) is 0.188. The monoisotopic (exact) mass is 307 g/mol. The Hall–Kier alpha value is -1.88. The van der Waals surface area contributed by atoms with Crippen LogP contribution in [0.4, 0.5) is 14.5 Å². The van der Waals surface area contributed by atoms with Crippen LogP contribution in [0.5, 0.6) is 0 Å². The van der Waals surface area contributed by atoms with Gasteiger partial charge in [0.2, 0.25) is 5.91 Å². The van der Waals surface area contributed by atoms with Crippen molar-refractivity contribution in [2.45, 2.75) is 18.7 Å². The molecule has 0 bridgehead atoms. The predicted octanol–water partition coefficient (Wildman–Crippen LogP) is 4.31. The van der Waals surface area contributed by atoms with Crippen LogP contribution >= 0.6 is 11.8 Å². The van der Waals surface area contributed by atoms with Crippen LogP contribution in [-0.4, -0.2) is 11.7 Å². The van der Waals surface area contributed by atoms with Crippen LogP contribution in [0, 0.1) is 25.5 Å². The van der Waals surface area contributed by atoms with Crippen molar-refractivity contribution in [3.8, 4) is 0 Å². The van der Waals surface area contributed by atoms with Gasteiger partial charge in [0, 0.05) is 16.6 Å². The third-order valence-electron chi connectivity index (χ3n) is 2.92. The third kappa shape index (κ3) is 4.29. The zero-order valence-corrected chi connectivity index (χ0v) is 12.6. The maximum Gasteiger partial charge on any atom is 0.234 e. The zero-order valence-electron chi connectivity index (χ0n) is 11.7. The van der Waals surface area contributed by atoms with Crippen LogP contribution in [0.15, 0.2) is 41.3 Å². The van der Waals surface area contributed by atoms with Crippen LogP contribution in [0.1, 0.15) is 11.1 Å². The Labute approximate surface area is 126 Å². The second-order valence-electron chi connectivity index (χ2n) is 4.73. The van der Waals surface area contributed by atoms with Gasteiger partial charge in [-0.25, -0.2) is 8.78 Å². The number of nitrogens with one attached hydrogen (secondary N) is 1. The lowest BCUT2D eigenvalue weighted by Gasteiger charge is -2.09. The standard InChI is InChI=1S/C16H15F2NOS/c1-10-3-4-11(2)14(7-10)19-16(20)9-21-15-6-5-12(17)8-13(15)18/h3-8H,9H2,1-2H3,(H,19,20). The summed E-state index contributed by atoms with van der Waals surface area (Å²) < 4.78 is 26.2. The summed E-state index contributed by atoms with van der Waals surface area (Å²) in [6.07, 6.45) is 0. The van der Waals surface area contributed by atoms with E-state index in [1.807, 2.05) is 32.0 Å². The molecule has 0 atom stereocenters. The minimum absolute atomic E-state index is 0.0654. The van der Waals surface area contributed by atoms with Gasteiger partial charge in [-0.05, 0) is 43.2 Å². The van der Waals surface area contributed by atoms with Crippen molar-refractivity contribution in [2.75, 3.05) is 11.1 Å². The Kier molecular flexibility index (Phi) is 4.96. The van der Waals surface area contributed by atoms with Gasteiger partial charge in [0.05, 0.1) is 5.75 Å². The molecule has 0 saturated heterocycles. The fourth-order valence-electron chi connectivity index (χ4n) is 1.79. The van der Waals surface area contributed by atoms with E-state index >= 15 is 0 Å². The van der Waals surface area contributed by atoms with E-state index in [2.05, 4.69) is 5.32 Å². The minimum atomic E-state index is -0.653. The lowest BCUT2D eigenvalue weighted by molar-refractivity contribution is -0.113. The number of thioether (sulfide) groups is 1. The van der Waals surface area contributed by atoms with Crippen molar-refractivity contribution < 1.29 is 13.6 Å². The Morgan fingerprint density at radius 1 is 1.14 bits per heavy atom. The van der Waals surface area contributed by atoms with Crippen molar-refractivity contribution in [1.82, 2.24) is 0 Å². The van der Waals surface area contributed by atoms with Crippen LogP contribution in [-0.2, 0) is 4.79 Å². The van der Waals surface area contributed by atoms with E-state index in [0.29, 0.717) is 0 Å². The second-order valence-corrected chi connectivity index (χ2v) is 5.75. The Morgan fingerprint density at radius 3 is 2.62 bits per heavy atom. The number of carbonyl (C=O) groups is 1. The van der Waals surface area contributed by atoms with Gasteiger partial charge in [-0.2, -0.15) is 0 Å². The molecule has 5 heteroatoms. The van der Waals surface area contributed by atoms with Gasteiger partial charge in [0.1, 0.15) is 11.6 Å². The summed E-state index contributed by atoms with van der Waals surface area (Å²) >= 11 is 1.04. The first kappa shape index (κ1) is 15.5. The summed E-state index contributed by atoms with van der Waals surface area (Å²) in [5.74, 6) is -1.44. The van der Waals surface area contributed by atoms with Crippen molar-refractivity contribution >= 4 is 23.4 Å². The highest BCUT2D eigenvalue weighted by Crippen LogP contribution is 2.23. The SMILES string of the molecule is Cc1ccc(C)c(NC(=O)CSc2ccc(F)cc2F)c1. The van der Waals surface area contributed by atoms with Gasteiger partial charge in [-0.1, -0.05) is 12.1 Å². The van der Waals surface area contributed by atoms with E-state index in [1.54, 1.807) is 0 Å². The number of benzene rings is 2. The number of rotatable bonds is 4. The molecule has 2 rings (SSSR count). The summed E-state index contributed by atoms with van der Waals surface area (Å²) in [7, 11) is 0. The molecule has 2 nitrogen and oxygen atoms in total. The summed E-state index contributed by atoms with van der Waals surface area (Å²) in [6, 6.07) is 9.10. The van der Waals surface area contributed by atoms with E-state index in [1.165, 1.54) is 12.1 Å². The first-order chi connectivity index (χ1) is 9.95. The maximum atomic E-state index is 13.5. The average molecular weight is 307 g/mol. The van der Waals surface area contributed by atoms with Crippen LogP contribution in [0.25, 0.3) is 0 Å². The number of anilines is 1. The number of hydrogen-bond donors (Lipinski definition) is 1. The lowest BCUT2D eigenvalue weighted by Crippen LogP contribution is -2.15. The van der Waals surface area contributed by atoms with Crippen molar-refractivity contribution in [3.63, 3.8) is 0 Å². The molecule has 0 aliphatic rings. The summed E-state index contributed by atoms with van der Waals surface area (Å²) in [4.78, 5) is 12.2. The topological polar surface area (TPSA) is 29.1 Å². The van der Waals surface area contributed by atoms with Crippen molar-refractivity contribution in [3.05, 3.63) is 59.2 Å². The van der Waals surface area contributed by atoms with Gasteiger partial charge in [-0.3, -0.25) is 4.79 Å². The maximum absolute atomic E-state index is 13.5. The molecule has 0 aliphatic heterocycles. The third-order valence-corrected chi connectivity index (χ3v) is 3.97. The molecule has 0 heterocycles. The molecular weight excluding hydrogens is 292 g/mol. The summed E-state index contributed by atoms with van der Waals surface area (Å²) in [5, 5.41) is 2.80. The quantitative estimate of drug-likeness (QED) is 0.853. The number of halogens is 2. The molecule has 21 heavy (non-hydrogen) atoms. The number of amides is 1. The molecule has 0 aromatic heterocycles. The minimum Gasteiger partial charge on any atom is -0.325 e. The van der Waals surface area contributed by atoms with Crippen LogP contribution in [0.2, 0.25) is 0 Å². The first-order valence-corrected chi connectivity index (χ1v) is 7.39. The molecule has 0 radical (unpaired) electrons. The summed E-state index contributed by atoms with van der Waals surface area (Å²) in [6.45, 7) is 3.85. The van der Waals surface area contributed by atoms with Gasteiger partial charge >= 0.3 is 0 Å². The van der Waals surface area contributed by atoms with Gasteiger partial charge in [0.25, 0.3) is 0 Å². The molecule has 110 valence electrons. The number of aryl methyl sites for hydroxylation is 2. The average Bonchev–Trinajstić information content (AvgIpc) is 2.42. The van der Waals surface area contributed by atoms with E-state index in [4.69, 9.17) is 0 Å². The molecule has 1 amide bonds. The van der Waals surface area contributed by atoms with Crippen LogP contribution < -0.4 is 5.32 Å². The normalized spacial score (nSPS) is 10.5. The summed E-state index contributed by atoms with van der Waals surface area (Å²) in [5.41, 5.74) is 2.76. The number of hydrogen-bond acceptors (Lipinski definition) is 2. The Bertz CT molecular complexity index is 673. The number of carbonyl (C=O) groups excluding carboxylic acids is 1. The second kappa shape index (κ2) is 6.72. The lowest BCUT2D eigenvalue weighted by atomic mass is 10.1. The Morgan fingerprint density at radius 2 is 1.90 bits per heavy atom. The fourth-order valence-corrected chi connectivity index (χ4v) is 2.51. The highest BCUT2D eigenvalue weighted by atomic mass is 32.2. The first-order valence-electron chi connectivity index (χ1n) is 6.40. The highest BCUT2D eigenvalue weighted by Gasteiger charge is 2.09. The molecule has 0 aliphatic carbocycles.